The van der Waals surface area contributed by atoms with Crippen LogP contribution >= 0.6 is 0 Å². The lowest BCUT2D eigenvalue weighted by Crippen LogP contribution is -2.15. The number of nitrogens with one attached hydrogen (secondary N) is 2. The predicted octanol–water partition coefficient (Wildman–Crippen LogP) is 3.97. The Morgan fingerprint density at radius 2 is 1.67 bits per heavy atom. The molecule has 27 heavy (non-hydrogen) atoms. The van der Waals surface area contributed by atoms with E-state index in [-0.39, 0.29) is 23.7 Å². The van der Waals surface area contributed by atoms with Crippen molar-refractivity contribution in [1.82, 2.24) is 10.2 Å². The lowest BCUT2D eigenvalue weighted by molar-refractivity contribution is -0.116. The van der Waals surface area contributed by atoms with Crippen molar-refractivity contribution in [1.29, 1.82) is 0 Å². The molecule has 2 aromatic carbocycles. The Hall–Kier alpha value is -3.48. The normalized spacial score (nSPS) is 10.6. The molecule has 0 saturated carbocycles. The van der Waals surface area contributed by atoms with Gasteiger partial charge in [0, 0.05) is 23.2 Å². The molecule has 0 aliphatic heterocycles. The first-order valence-electron chi connectivity index (χ1n) is 8.61. The summed E-state index contributed by atoms with van der Waals surface area (Å²) in [5.41, 5.74) is 1.82. The van der Waals surface area contributed by atoms with Crippen LogP contribution in [0.4, 0.5) is 11.7 Å². The van der Waals surface area contributed by atoms with E-state index < -0.39 is 0 Å². The van der Waals surface area contributed by atoms with Gasteiger partial charge in [0.25, 0.3) is 5.91 Å². The van der Waals surface area contributed by atoms with Crippen LogP contribution in [0.15, 0.2) is 59.0 Å². The molecule has 1 heterocycles. The Kier molecular flexibility index (Phi) is 5.61. The summed E-state index contributed by atoms with van der Waals surface area (Å²) in [5, 5.41) is 13.1. The van der Waals surface area contributed by atoms with Crippen LogP contribution in [0.2, 0.25) is 0 Å². The minimum absolute atomic E-state index is 0.0214. The standard InChI is InChI=1S/C20H20N4O3/c1-13(2)12-17(25)21-16-10-8-14(9-11-16)18(26)22-20-24-23-19(27-20)15-6-4-3-5-7-15/h3-11,13H,12H2,1-2H3,(H,21,25)(H,22,24,26). The van der Waals surface area contributed by atoms with Crippen molar-refractivity contribution in [2.24, 2.45) is 5.92 Å². The quantitative estimate of drug-likeness (QED) is 0.690. The average molecular weight is 364 g/mol. The topological polar surface area (TPSA) is 97.1 Å². The second kappa shape index (κ2) is 8.27. The summed E-state index contributed by atoms with van der Waals surface area (Å²) in [5.74, 6) is 0.180. The number of rotatable bonds is 6. The van der Waals surface area contributed by atoms with Gasteiger partial charge in [0.2, 0.25) is 11.8 Å². The number of hydrogen-bond donors (Lipinski definition) is 2. The van der Waals surface area contributed by atoms with Gasteiger partial charge in [-0.15, -0.1) is 5.10 Å². The lowest BCUT2D eigenvalue weighted by Gasteiger charge is -2.07. The molecule has 3 aromatic rings. The van der Waals surface area contributed by atoms with Crippen molar-refractivity contribution in [2.75, 3.05) is 10.6 Å². The van der Waals surface area contributed by atoms with Gasteiger partial charge in [-0.05, 0) is 42.3 Å². The molecule has 2 N–H and O–H groups in total. The monoisotopic (exact) mass is 364 g/mol. The van der Waals surface area contributed by atoms with Gasteiger partial charge in [0.05, 0.1) is 0 Å². The molecule has 1 aromatic heterocycles. The molecule has 138 valence electrons. The SMILES string of the molecule is CC(C)CC(=O)Nc1ccc(C(=O)Nc2nnc(-c3ccccc3)o2)cc1. The Balaban J connectivity index is 1.61. The van der Waals surface area contributed by atoms with Crippen LogP contribution in [-0.2, 0) is 4.79 Å². The molecule has 0 aliphatic carbocycles. The molecule has 7 heteroatoms. The minimum atomic E-state index is -0.377. The molecule has 0 fully saturated rings. The van der Waals surface area contributed by atoms with E-state index in [9.17, 15) is 9.59 Å². The fraction of sp³-hybridized carbons (Fsp3) is 0.200. The van der Waals surface area contributed by atoms with Crippen LogP contribution < -0.4 is 10.6 Å². The van der Waals surface area contributed by atoms with Crippen LogP contribution in [-0.4, -0.2) is 22.0 Å². The maximum atomic E-state index is 12.3. The zero-order valence-electron chi connectivity index (χ0n) is 15.1. The van der Waals surface area contributed by atoms with Gasteiger partial charge in [0.15, 0.2) is 0 Å². The van der Waals surface area contributed by atoms with Crippen molar-refractivity contribution < 1.29 is 14.0 Å². The summed E-state index contributed by atoms with van der Waals surface area (Å²) in [6, 6.07) is 15.9. The first-order chi connectivity index (χ1) is 13.0. The zero-order valence-corrected chi connectivity index (χ0v) is 15.1. The van der Waals surface area contributed by atoms with Crippen molar-refractivity contribution in [3.05, 3.63) is 60.2 Å². The molecular weight excluding hydrogens is 344 g/mol. The van der Waals surface area contributed by atoms with E-state index in [0.29, 0.717) is 23.6 Å². The third-order valence-corrected chi connectivity index (χ3v) is 3.69. The zero-order chi connectivity index (χ0) is 19.2. The summed E-state index contributed by atoms with van der Waals surface area (Å²) < 4.78 is 5.46. The fourth-order valence-corrected chi connectivity index (χ4v) is 2.43. The molecule has 7 nitrogen and oxygen atoms in total. The number of amides is 2. The van der Waals surface area contributed by atoms with Gasteiger partial charge >= 0.3 is 6.01 Å². The number of benzene rings is 2. The van der Waals surface area contributed by atoms with E-state index in [2.05, 4.69) is 20.8 Å². The number of hydrogen-bond acceptors (Lipinski definition) is 5. The second-order valence-electron chi connectivity index (χ2n) is 6.46. The summed E-state index contributed by atoms with van der Waals surface area (Å²) in [6.45, 7) is 3.96. The second-order valence-corrected chi connectivity index (χ2v) is 6.46. The van der Waals surface area contributed by atoms with E-state index in [0.717, 1.165) is 5.56 Å². The lowest BCUT2D eigenvalue weighted by atomic mass is 10.1. The van der Waals surface area contributed by atoms with Gasteiger partial charge in [0.1, 0.15) is 0 Å². The Labute approximate surface area is 156 Å². The highest BCUT2D eigenvalue weighted by atomic mass is 16.4. The molecule has 0 aliphatic rings. The van der Waals surface area contributed by atoms with E-state index in [4.69, 9.17) is 4.42 Å². The van der Waals surface area contributed by atoms with Crippen LogP contribution in [0.3, 0.4) is 0 Å². The fourth-order valence-electron chi connectivity index (χ4n) is 2.43. The highest BCUT2D eigenvalue weighted by Gasteiger charge is 2.13. The number of nitrogens with zero attached hydrogens (tertiary/aromatic N) is 2. The largest absolute Gasteiger partial charge is 0.403 e. The molecular formula is C20H20N4O3. The van der Waals surface area contributed by atoms with E-state index in [1.165, 1.54) is 0 Å². The Morgan fingerprint density at radius 3 is 2.33 bits per heavy atom. The van der Waals surface area contributed by atoms with Gasteiger partial charge in [-0.1, -0.05) is 37.1 Å². The highest BCUT2D eigenvalue weighted by molar-refractivity contribution is 6.03. The molecule has 0 saturated heterocycles. The van der Waals surface area contributed by atoms with Crippen molar-refractivity contribution in [2.45, 2.75) is 20.3 Å². The van der Waals surface area contributed by atoms with E-state index in [1.54, 1.807) is 24.3 Å². The molecule has 3 rings (SSSR count). The average Bonchev–Trinajstić information content (AvgIpc) is 3.11. The van der Waals surface area contributed by atoms with Crippen molar-refractivity contribution in [3.8, 4) is 11.5 Å². The predicted molar refractivity (Wildman–Crippen MR) is 102 cm³/mol. The maximum Gasteiger partial charge on any atom is 0.322 e. The van der Waals surface area contributed by atoms with Crippen molar-refractivity contribution in [3.63, 3.8) is 0 Å². The summed E-state index contributed by atoms with van der Waals surface area (Å²) in [7, 11) is 0. The van der Waals surface area contributed by atoms with Gasteiger partial charge in [-0.3, -0.25) is 14.9 Å². The van der Waals surface area contributed by atoms with Gasteiger partial charge in [-0.25, -0.2) is 0 Å². The number of carbonyl (C=O) groups is 2. The van der Waals surface area contributed by atoms with Gasteiger partial charge < -0.3 is 9.73 Å². The third-order valence-electron chi connectivity index (χ3n) is 3.69. The molecule has 0 unspecified atom stereocenters. The summed E-state index contributed by atoms with van der Waals surface area (Å²) in [4.78, 5) is 24.1. The van der Waals surface area contributed by atoms with Crippen LogP contribution in [0.5, 0.6) is 0 Å². The highest BCUT2D eigenvalue weighted by Crippen LogP contribution is 2.19. The molecule has 2 amide bonds. The summed E-state index contributed by atoms with van der Waals surface area (Å²) >= 11 is 0. The first kappa shape index (κ1) is 18.3. The maximum absolute atomic E-state index is 12.3. The number of aromatic nitrogens is 2. The Morgan fingerprint density at radius 1 is 0.963 bits per heavy atom. The third kappa shape index (κ3) is 5.01. The Bertz CT molecular complexity index is 918. The molecule has 0 bridgehead atoms. The molecule has 0 spiro atoms. The first-order valence-corrected chi connectivity index (χ1v) is 8.61. The summed E-state index contributed by atoms with van der Waals surface area (Å²) in [6.07, 6.45) is 0.448. The van der Waals surface area contributed by atoms with E-state index >= 15 is 0 Å². The number of anilines is 2. The van der Waals surface area contributed by atoms with Crippen molar-refractivity contribution >= 4 is 23.5 Å². The van der Waals surface area contributed by atoms with Crippen LogP contribution in [0, 0.1) is 5.92 Å². The van der Waals surface area contributed by atoms with Crippen LogP contribution in [0.25, 0.3) is 11.5 Å². The smallest absolute Gasteiger partial charge is 0.322 e. The number of carbonyl (C=O) groups excluding carboxylic acids is 2. The van der Waals surface area contributed by atoms with Gasteiger partial charge in [-0.2, -0.15) is 0 Å². The minimum Gasteiger partial charge on any atom is -0.403 e. The van der Waals surface area contributed by atoms with Crippen LogP contribution in [0.1, 0.15) is 30.6 Å². The molecule has 0 radical (unpaired) electrons. The van der Waals surface area contributed by atoms with E-state index in [1.807, 2.05) is 44.2 Å². The molecule has 0 atom stereocenters.